The van der Waals surface area contributed by atoms with Gasteiger partial charge in [0.2, 0.25) is 0 Å². The van der Waals surface area contributed by atoms with E-state index in [1.165, 1.54) is 0 Å². The first-order valence-corrected chi connectivity index (χ1v) is 7.27. The molecule has 0 bridgehead atoms. The fraction of sp³-hybridized carbons (Fsp3) is 0.600. The van der Waals surface area contributed by atoms with E-state index in [0.29, 0.717) is 23.1 Å². The molecule has 0 radical (unpaired) electrons. The van der Waals surface area contributed by atoms with Crippen molar-refractivity contribution in [2.75, 3.05) is 25.5 Å². The molecule has 1 N–H and O–H groups in total. The Bertz CT molecular complexity index is 469. The Labute approximate surface area is 126 Å². The van der Waals surface area contributed by atoms with Gasteiger partial charge >= 0.3 is 0 Å². The van der Waals surface area contributed by atoms with Gasteiger partial charge in [0.25, 0.3) is 5.91 Å². The summed E-state index contributed by atoms with van der Waals surface area (Å²) in [5.74, 6) is 0.607. The van der Waals surface area contributed by atoms with E-state index in [-0.39, 0.29) is 11.3 Å². The Morgan fingerprint density at radius 2 is 2.05 bits per heavy atom. The van der Waals surface area contributed by atoms with Crippen LogP contribution in [0.4, 0.5) is 5.82 Å². The molecular formula is C15H24ClN3O. The maximum Gasteiger partial charge on any atom is 0.253 e. The van der Waals surface area contributed by atoms with Crippen LogP contribution in [0.15, 0.2) is 12.1 Å². The lowest BCUT2D eigenvalue weighted by atomic mass is 9.96. The molecule has 1 heterocycles. The number of rotatable bonds is 5. The Morgan fingerprint density at radius 3 is 2.60 bits per heavy atom. The molecule has 0 aromatic carbocycles. The molecule has 0 unspecified atom stereocenters. The number of hydrogen-bond acceptors (Lipinski definition) is 3. The number of nitrogens with zero attached hydrogens (tertiary/aromatic N) is 2. The minimum absolute atomic E-state index is 0.0382. The summed E-state index contributed by atoms with van der Waals surface area (Å²) in [5, 5.41) is 3.48. The standard InChI is InChI=1S/C15H24ClN3O/c1-6-7-17-13-9-11(8-12(16)18-13)14(20)19(5)10-15(2,3)4/h8-9H,6-7,10H2,1-5H3,(H,17,18). The van der Waals surface area contributed by atoms with E-state index >= 15 is 0 Å². The summed E-state index contributed by atoms with van der Waals surface area (Å²) in [6.07, 6.45) is 0.988. The van der Waals surface area contributed by atoms with Gasteiger partial charge in [0, 0.05) is 25.7 Å². The van der Waals surface area contributed by atoms with Crippen molar-refractivity contribution in [1.82, 2.24) is 9.88 Å². The van der Waals surface area contributed by atoms with Crippen LogP contribution in [0.25, 0.3) is 0 Å². The Morgan fingerprint density at radius 1 is 1.40 bits per heavy atom. The lowest BCUT2D eigenvalue weighted by Gasteiger charge is -2.26. The van der Waals surface area contributed by atoms with E-state index in [0.717, 1.165) is 13.0 Å². The van der Waals surface area contributed by atoms with Crippen LogP contribution in [0.5, 0.6) is 0 Å². The van der Waals surface area contributed by atoms with Crippen molar-refractivity contribution in [2.45, 2.75) is 34.1 Å². The fourth-order valence-electron chi connectivity index (χ4n) is 1.97. The molecule has 1 amide bonds. The second-order valence-electron chi connectivity index (χ2n) is 6.21. The van der Waals surface area contributed by atoms with Crippen LogP contribution in [0, 0.1) is 5.41 Å². The summed E-state index contributed by atoms with van der Waals surface area (Å²) in [6.45, 7) is 9.86. The largest absolute Gasteiger partial charge is 0.370 e. The smallest absolute Gasteiger partial charge is 0.253 e. The summed E-state index contributed by atoms with van der Waals surface area (Å²) in [4.78, 5) is 18.3. The minimum atomic E-state index is -0.0382. The molecule has 0 aliphatic rings. The van der Waals surface area contributed by atoms with Crippen LogP contribution >= 0.6 is 11.6 Å². The van der Waals surface area contributed by atoms with Crippen LogP contribution < -0.4 is 5.32 Å². The molecule has 0 atom stereocenters. The molecule has 1 aromatic heterocycles. The number of anilines is 1. The predicted molar refractivity (Wildman–Crippen MR) is 84.4 cm³/mol. The molecule has 0 aliphatic carbocycles. The van der Waals surface area contributed by atoms with E-state index in [9.17, 15) is 4.79 Å². The first-order chi connectivity index (χ1) is 9.23. The number of amides is 1. The van der Waals surface area contributed by atoms with Gasteiger partial charge in [0.1, 0.15) is 11.0 Å². The van der Waals surface area contributed by atoms with E-state index < -0.39 is 0 Å². The highest BCUT2D eigenvalue weighted by molar-refractivity contribution is 6.29. The van der Waals surface area contributed by atoms with Gasteiger partial charge in [-0.2, -0.15) is 0 Å². The number of pyridine rings is 1. The first kappa shape index (κ1) is 16.8. The van der Waals surface area contributed by atoms with Gasteiger partial charge in [0.05, 0.1) is 0 Å². The number of nitrogens with one attached hydrogen (secondary N) is 1. The maximum absolute atomic E-state index is 12.4. The number of hydrogen-bond donors (Lipinski definition) is 1. The third kappa shape index (κ3) is 5.37. The zero-order valence-corrected chi connectivity index (χ0v) is 13.7. The molecule has 0 spiro atoms. The van der Waals surface area contributed by atoms with Crippen molar-refractivity contribution >= 4 is 23.3 Å². The quantitative estimate of drug-likeness (QED) is 0.843. The maximum atomic E-state index is 12.4. The van der Waals surface area contributed by atoms with Gasteiger partial charge in [-0.1, -0.05) is 39.3 Å². The van der Waals surface area contributed by atoms with Crippen molar-refractivity contribution in [1.29, 1.82) is 0 Å². The number of halogens is 1. The Kier molecular flexibility index (Phi) is 5.81. The monoisotopic (exact) mass is 297 g/mol. The normalized spacial score (nSPS) is 11.3. The molecule has 4 nitrogen and oxygen atoms in total. The SMILES string of the molecule is CCCNc1cc(C(=O)N(C)CC(C)(C)C)cc(Cl)n1. The third-order valence-corrected chi connectivity index (χ3v) is 2.85. The Hall–Kier alpha value is -1.29. The molecule has 1 rings (SSSR count). The van der Waals surface area contributed by atoms with Crippen LogP contribution in [0.1, 0.15) is 44.5 Å². The molecule has 0 saturated heterocycles. The number of carbonyl (C=O) groups is 1. The van der Waals surface area contributed by atoms with E-state index in [4.69, 9.17) is 11.6 Å². The minimum Gasteiger partial charge on any atom is -0.370 e. The highest BCUT2D eigenvalue weighted by atomic mass is 35.5. The summed E-state index contributed by atoms with van der Waals surface area (Å²) < 4.78 is 0. The van der Waals surface area contributed by atoms with Gasteiger partial charge in [-0.15, -0.1) is 0 Å². The van der Waals surface area contributed by atoms with E-state index in [2.05, 4.69) is 38.0 Å². The van der Waals surface area contributed by atoms with Crippen molar-refractivity contribution in [2.24, 2.45) is 5.41 Å². The van der Waals surface area contributed by atoms with Crippen molar-refractivity contribution in [3.8, 4) is 0 Å². The van der Waals surface area contributed by atoms with E-state index in [1.54, 1.807) is 24.1 Å². The third-order valence-electron chi connectivity index (χ3n) is 2.66. The molecule has 0 aliphatic heterocycles. The molecule has 0 saturated carbocycles. The van der Waals surface area contributed by atoms with Gasteiger partial charge in [-0.3, -0.25) is 4.79 Å². The predicted octanol–water partition coefficient (Wildman–Crippen LogP) is 3.68. The highest BCUT2D eigenvalue weighted by Crippen LogP contribution is 2.19. The first-order valence-electron chi connectivity index (χ1n) is 6.90. The molecule has 0 fully saturated rings. The molecule has 112 valence electrons. The average Bonchev–Trinajstić information content (AvgIpc) is 2.32. The number of aromatic nitrogens is 1. The van der Waals surface area contributed by atoms with Crippen LogP contribution in [0.3, 0.4) is 0 Å². The van der Waals surface area contributed by atoms with Crippen LogP contribution in [-0.4, -0.2) is 35.9 Å². The lowest BCUT2D eigenvalue weighted by Crippen LogP contribution is -2.34. The van der Waals surface area contributed by atoms with E-state index in [1.807, 2.05) is 0 Å². The summed E-state index contributed by atoms with van der Waals surface area (Å²) in [5.41, 5.74) is 0.625. The second-order valence-corrected chi connectivity index (χ2v) is 6.60. The molecule has 1 aromatic rings. The van der Waals surface area contributed by atoms with Gasteiger partial charge in [-0.25, -0.2) is 4.98 Å². The second kappa shape index (κ2) is 6.93. The molecule has 5 heteroatoms. The fourth-order valence-corrected chi connectivity index (χ4v) is 2.18. The van der Waals surface area contributed by atoms with Crippen molar-refractivity contribution < 1.29 is 4.79 Å². The summed E-state index contributed by atoms with van der Waals surface area (Å²) in [6, 6.07) is 3.36. The highest BCUT2D eigenvalue weighted by Gasteiger charge is 2.19. The summed E-state index contributed by atoms with van der Waals surface area (Å²) in [7, 11) is 1.81. The zero-order valence-electron chi connectivity index (χ0n) is 13.0. The summed E-state index contributed by atoms with van der Waals surface area (Å²) >= 11 is 5.99. The van der Waals surface area contributed by atoms with Crippen LogP contribution in [0.2, 0.25) is 5.15 Å². The van der Waals surface area contributed by atoms with Gasteiger partial charge in [0.15, 0.2) is 0 Å². The average molecular weight is 298 g/mol. The lowest BCUT2D eigenvalue weighted by molar-refractivity contribution is 0.0745. The van der Waals surface area contributed by atoms with Gasteiger partial charge < -0.3 is 10.2 Å². The Balaban J connectivity index is 2.89. The zero-order chi connectivity index (χ0) is 15.3. The topological polar surface area (TPSA) is 45.2 Å². The number of carbonyl (C=O) groups excluding carboxylic acids is 1. The van der Waals surface area contributed by atoms with Crippen molar-refractivity contribution in [3.05, 3.63) is 22.8 Å². The molecule has 20 heavy (non-hydrogen) atoms. The van der Waals surface area contributed by atoms with Gasteiger partial charge in [-0.05, 0) is 24.0 Å². The van der Waals surface area contributed by atoms with Crippen LogP contribution in [-0.2, 0) is 0 Å². The van der Waals surface area contributed by atoms with Crippen molar-refractivity contribution in [3.63, 3.8) is 0 Å². The molecular weight excluding hydrogens is 274 g/mol.